The van der Waals surface area contributed by atoms with Crippen molar-refractivity contribution in [2.45, 2.75) is 65.1 Å². The van der Waals surface area contributed by atoms with Crippen molar-refractivity contribution in [1.82, 2.24) is 0 Å². The minimum atomic E-state index is -0.342. The van der Waals surface area contributed by atoms with Crippen molar-refractivity contribution in [3.05, 3.63) is 48.0 Å². The lowest BCUT2D eigenvalue weighted by Gasteiger charge is -2.21. The molecule has 0 fully saturated rings. The molecular formula is C22H32N2O2. The minimum Gasteiger partial charge on any atom is -0.455 e. The Morgan fingerprint density at radius 3 is 2.23 bits per heavy atom. The van der Waals surface area contributed by atoms with E-state index in [1.54, 1.807) is 0 Å². The topological polar surface area (TPSA) is 70.5 Å². The van der Waals surface area contributed by atoms with E-state index in [1.807, 2.05) is 49.4 Å². The Morgan fingerprint density at radius 1 is 0.846 bits per heavy atom. The third-order valence-corrected chi connectivity index (χ3v) is 4.43. The molecule has 0 aliphatic carbocycles. The van der Waals surface area contributed by atoms with Gasteiger partial charge >= 0.3 is 0 Å². The van der Waals surface area contributed by atoms with Gasteiger partial charge in [-0.3, -0.25) is 0 Å². The number of rotatable bonds is 11. The van der Waals surface area contributed by atoms with E-state index >= 15 is 0 Å². The van der Waals surface area contributed by atoms with Crippen LogP contribution in [0.15, 0.2) is 42.5 Å². The van der Waals surface area contributed by atoms with E-state index < -0.39 is 0 Å². The van der Waals surface area contributed by atoms with Crippen LogP contribution in [0.25, 0.3) is 0 Å². The SMILES string of the molecule is CCCCCCCCC(Oc1cccc(N)c1)Oc1ccc(N)c(C)c1. The predicted molar refractivity (Wildman–Crippen MR) is 109 cm³/mol. The number of benzene rings is 2. The Hall–Kier alpha value is -2.36. The first kappa shape index (κ1) is 20.0. The van der Waals surface area contributed by atoms with Crippen LogP contribution >= 0.6 is 0 Å². The summed E-state index contributed by atoms with van der Waals surface area (Å²) in [4.78, 5) is 0. The van der Waals surface area contributed by atoms with E-state index in [2.05, 4.69) is 6.92 Å². The molecule has 0 aliphatic rings. The van der Waals surface area contributed by atoms with Crippen LogP contribution < -0.4 is 20.9 Å². The van der Waals surface area contributed by atoms with Gasteiger partial charge in [0.25, 0.3) is 0 Å². The fraction of sp³-hybridized carbons (Fsp3) is 0.455. The van der Waals surface area contributed by atoms with Gasteiger partial charge in [0.05, 0.1) is 0 Å². The molecule has 0 aliphatic heterocycles. The molecule has 0 aromatic heterocycles. The lowest BCUT2D eigenvalue weighted by atomic mass is 10.1. The van der Waals surface area contributed by atoms with Crippen LogP contribution in [0.3, 0.4) is 0 Å². The number of aryl methyl sites for hydroxylation is 1. The summed E-state index contributed by atoms with van der Waals surface area (Å²) in [5.41, 5.74) is 14.2. The van der Waals surface area contributed by atoms with Crippen molar-refractivity contribution in [3.63, 3.8) is 0 Å². The molecule has 1 atom stereocenters. The van der Waals surface area contributed by atoms with Crippen molar-refractivity contribution in [2.24, 2.45) is 0 Å². The molecule has 142 valence electrons. The Kier molecular flexibility index (Phi) is 8.13. The Balaban J connectivity index is 1.96. The summed E-state index contributed by atoms with van der Waals surface area (Å²) in [7, 11) is 0. The highest BCUT2D eigenvalue weighted by atomic mass is 16.7. The van der Waals surface area contributed by atoms with Crippen LogP contribution in [-0.2, 0) is 0 Å². The highest BCUT2D eigenvalue weighted by Crippen LogP contribution is 2.24. The van der Waals surface area contributed by atoms with E-state index in [-0.39, 0.29) is 6.29 Å². The molecule has 0 amide bonds. The first-order valence-electron chi connectivity index (χ1n) is 9.63. The second kappa shape index (κ2) is 10.6. The molecule has 0 saturated heterocycles. The third-order valence-electron chi connectivity index (χ3n) is 4.43. The first-order valence-corrected chi connectivity index (χ1v) is 9.63. The quantitative estimate of drug-likeness (QED) is 0.308. The minimum absolute atomic E-state index is 0.342. The summed E-state index contributed by atoms with van der Waals surface area (Å²) in [6, 6.07) is 13.2. The molecule has 2 aromatic carbocycles. The molecule has 0 bridgehead atoms. The van der Waals surface area contributed by atoms with Gasteiger partial charge in [0.15, 0.2) is 0 Å². The van der Waals surface area contributed by atoms with Gasteiger partial charge in [0.2, 0.25) is 6.29 Å². The molecule has 1 unspecified atom stereocenters. The second-order valence-corrected chi connectivity index (χ2v) is 6.81. The summed E-state index contributed by atoms with van der Waals surface area (Å²) in [6.45, 7) is 4.21. The number of anilines is 2. The summed E-state index contributed by atoms with van der Waals surface area (Å²) in [5.74, 6) is 1.50. The summed E-state index contributed by atoms with van der Waals surface area (Å²) >= 11 is 0. The van der Waals surface area contributed by atoms with Gasteiger partial charge < -0.3 is 20.9 Å². The number of hydrogen-bond acceptors (Lipinski definition) is 4. The average molecular weight is 357 g/mol. The lowest BCUT2D eigenvalue weighted by Crippen LogP contribution is -2.24. The van der Waals surface area contributed by atoms with Crippen molar-refractivity contribution in [1.29, 1.82) is 0 Å². The molecule has 0 radical (unpaired) electrons. The lowest BCUT2D eigenvalue weighted by molar-refractivity contribution is -0.00242. The van der Waals surface area contributed by atoms with Crippen molar-refractivity contribution < 1.29 is 9.47 Å². The molecule has 0 saturated carbocycles. The first-order chi connectivity index (χ1) is 12.6. The Bertz CT molecular complexity index is 673. The van der Waals surface area contributed by atoms with Crippen LogP contribution in [-0.4, -0.2) is 6.29 Å². The zero-order valence-corrected chi connectivity index (χ0v) is 16.0. The van der Waals surface area contributed by atoms with Crippen LogP contribution in [0.2, 0.25) is 0 Å². The highest BCUT2D eigenvalue weighted by molar-refractivity contribution is 5.49. The van der Waals surface area contributed by atoms with Gasteiger partial charge in [0.1, 0.15) is 11.5 Å². The van der Waals surface area contributed by atoms with Crippen LogP contribution in [0.4, 0.5) is 11.4 Å². The zero-order chi connectivity index (χ0) is 18.8. The third kappa shape index (κ3) is 6.87. The molecule has 2 rings (SSSR count). The van der Waals surface area contributed by atoms with E-state index in [0.29, 0.717) is 5.69 Å². The van der Waals surface area contributed by atoms with Gasteiger partial charge in [0, 0.05) is 23.9 Å². The maximum absolute atomic E-state index is 6.10. The maximum Gasteiger partial charge on any atom is 0.241 e. The molecule has 4 nitrogen and oxygen atoms in total. The van der Waals surface area contributed by atoms with E-state index in [0.717, 1.165) is 35.6 Å². The van der Waals surface area contributed by atoms with Crippen LogP contribution in [0.1, 0.15) is 57.4 Å². The molecule has 4 N–H and O–H groups in total. The summed E-state index contributed by atoms with van der Waals surface area (Å²) in [6.07, 6.45) is 7.90. The molecule has 0 spiro atoms. The largest absolute Gasteiger partial charge is 0.455 e. The molecule has 26 heavy (non-hydrogen) atoms. The van der Waals surface area contributed by atoms with Gasteiger partial charge in [-0.15, -0.1) is 0 Å². The number of unbranched alkanes of at least 4 members (excludes halogenated alkanes) is 5. The number of ether oxygens (including phenoxy) is 2. The van der Waals surface area contributed by atoms with Crippen molar-refractivity contribution in [2.75, 3.05) is 11.5 Å². The number of hydrogen-bond donors (Lipinski definition) is 2. The van der Waals surface area contributed by atoms with E-state index in [4.69, 9.17) is 20.9 Å². The summed E-state index contributed by atoms with van der Waals surface area (Å²) in [5, 5.41) is 0. The van der Waals surface area contributed by atoms with E-state index in [9.17, 15) is 0 Å². The standard InChI is InChI=1S/C22H32N2O2/c1-3-4-5-6-7-8-12-22(25-19-11-9-10-18(23)16-19)26-20-13-14-21(24)17(2)15-20/h9-11,13-16,22H,3-8,12,23-24H2,1-2H3. The highest BCUT2D eigenvalue weighted by Gasteiger charge is 2.13. The average Bonchev–Trinajstić information content (AvgIpc) is 2.61. The monoisotopic (exact) mass is 356 g/mol. The molecule has 2 aromatic rings. The Labute approximate surface area is 157 Å². The Morgan fingerprint density at radius 2 is 1.54 bits per heavy atom. The van der Waals surface area contributed by atoms with Crippen molar-refractivity contribution >= 4 is 11.4 Å². The van der Waals surface area contributed by atoms with Crippen LogP contribution in [0.5, 0.6) is 11.5 Å². The fourth-order valence-electron chi connectivity index (χ4n) is 2.85. The molecule has 4 heteroatoms. The van der Waals surface area contributed by atoms with Gasteiger partial charge in [-0.25, -0.2) is 0 Å². The van der Waals surface area contributed by atoms with Crippen molar-refractivity contribution in [3.8, 4) is 11.5 Å². The number of nitrogen functional groups attached to an aromatic ring is 2. The van der Waals surface area contributed by atoms with Crippen LogP contribution in [0, 0.1) is 6.92 Å². The van der Waals surface area contributed by atoms with Gasteiger partial charge in [-0.2, -0.15) is 0 Å². The second-order valence-electron chi connectivity index (χ2n) is 6.81. The van der Waals surface area contributed by atoms with Gasteiger partial charge in [-0.1, -0.05) is 45.1 Å². The van der Waals surface area contributed by atoms with Gasteiger partial charge in [-0.05, 0) is 49.2 Å². The number of nitrogens with two attached hydrogens (primary N) is 2. The smallest absolute Gasteiger partial charge is 0.241 e. The maximum atomic E-state index is 6.10. The van der Waals surface area contributed by atoms with E-state index in [1.165, 1.54) is 32.1 Å². The molecular weight excluding hydrogens is 324 g/mol. The molecule has 0 heterocycles. The summed E-state index contributed by atoms with van der Waals surface area (Å²) < 4.78 is 12.2. The predicted octanol–water partition coefficient (Wildman–Crippen LogP) is 5.69. The fourth-order valence-corrected chi connectivity index (χ4v) is 2.85. The zero-order valence-electron chi connectivity index (χ0n) is 16.0. The normalized spacial score (nSPS) is 11.9.